The van der Waals surface area contributed by atoms with Crippen molar-refractivity contribution in [2.45, 2.75) is 25.9 Å². The van der Waals surface area contributed by atoms with E-state index in [1.54, 1.807) is 0 Å². The van der Waals surface area contributed by atoms with Gasteiger partial charge in [0.15, 0.2) is 0 Å². The van der Waals surface area contributed by atoms with E-state index in [-0.39, 0.29) is 12.1 Å². The summed E-state index contributed by atoms with van der Waals surface area (Å²) in [5, 5.41) is 10.9. The molecule has 68 valence electrons. The Kier molecular flexibility index (Phi) is 3.04. The van der Waals surface area contributed by atoms with Crippen molar-refractivity contribution in [1.82, 2.24) is 5.43 Å². The van der Waals surface area contributed by atoms with Crippen LogP contribution in [0.3, 0.4) is 0 Å². The predicted molar refractivity (Wildman–Crippen MR) is 47.1 cm³/mol. The topological polar surface area (TPSA) is 83.5 Å². The number of nitrogens with one attached hydrogen (secondary N) is 2. The lowest BCUT2D eigenvalue weighted by Gasteiger charge is -2.20. The second-order valence-electron chi connectivity index (χ2n) is 2.84. The van der Waals surface area contributed by atoms with Crippen molar-refractivity contribution in [3.63, 3.8) is 0 Å². The highest BCUT2D eigenvalue weighted by Crippen LogP contribution is 2.09. The second kappa shape index (κ2) is 4.06. The van der Waals surface area contributed by atoms with Crippen LogP contribution < -0.4 is 11.2 Å². The third kappa shape index (κ3) is 2.87. The van der Waals surface area contributed by atoms with E-state index in [1.807, 2.05) is 6.92 Å². The zero-order valence-electron chi connectivity index (χ0n) is 7.13. The highest BCUT2D eigenvalue weighted by molar-refractivity contribution is 5.87. The van der Waals surface area contributed by atoms with Crippen LogP contribution in [0.4, 0.5) is 0 Å². The van der Waals surface area contributed by atoms with Crippen LogP contribution in [0.25, 0.3) is 0 Å². The normalized spacial score (nSPS) is 27.1. The summed E-state index contributed by atoms with van der Waals surface area (Å²) < 4.78 is 5.32. The van der Waals surface area contributed by atoms with E-state index in [0.29, 0.717) is 6.61 Å². The fourth-order valence-electron chi connectivity index (χ4n) is 1.11. The Morgan fingerprint density at radius 2 is 2.58 bits per heavy atom. The van der Waals surface area contributed by atoms with Crippen LogP contribution in [0.1, 0.15) is 19.8 Å². The lowest BCUT2D eigenvalue weighted by atomic mass is 10.1. The van der Waals surface area contributed by atoms with E-state index in [0.717, 1.165) is 18.6 Å². The Morgan fingerprint density at radius 3 is 3.17 bits per heavy atom. The second-order valence-corrected chi connectivity index (χ2v) is 2.84. The van der Waals surface area contributed by atoms with Crippen LogP contribution in [-0.4, -0.2) is 24.4 Å². The molecule has 4 N–H and O–H groups in total. The van der Waals surface area contributed by atoms with Gasteiger partial charge in [0.25, 0.3) is 0 Å². The van der Waals surface area contributed by atoms with Crippen LogP contribution >= 0.6 is 0 Å². The fraction of sp³-hybridized carbons (Fsp3) is 0.714. The van der Waals surface area contributed by atoms with E-state index < -0.39 is 0 Å². The molecule has 0 spiro atoms. The molecule has 5 nitrogen and oxygen atoms in total. The molecular formula is C7H14N4O. The first-order valence-corrected chi connectivity index (χ1v) is 3.95. The van der Waals surface area contributed by atoms with Crippen molar-refractivity contribution < 1.29 is 4.74 Å². The molecular weight excluding hydrogens is 156 g/mol. The molecule has 1 aliphatic heterocycles. The summed E-state index contributed by atoms with van der Waals surface area (Å²) in [6, 6.07) is 0. The first kappa shape index (κ1) is 8.99. The number of hydrogen-bond acceptors (Lipinski definition) is 3. The van der Waals surface area contributed by atoms with Gasteiger partial charge in [0.05, 0.1) is 12.7 Å². The Labute approximate surface area is 71.5 Å². The van der Waals surface area contributed by atoms with E-state index in [1.165, 1.54) is 0 Å². The third-order valence-corrected chi connectivity index (χ3v) is 1.65. The van der Waals surface area contributed by atoms with Gasteiger partial charge < -0.3 is 10.5 Å². The number of rotatable bonds is 1. The van der Waals surface area contributed by atoms with Crippen molar-refractivity contribution in [1.29, 1.82) is 5.41 Å². The van der Waals surface area contributed by atoms with Gasteiger partial charge in [-0.05, 0) is 6.92 Å². The molecule has 0 radical (unpaired) electrons. The first-order valence-electron chi connectivity index (χ1n) is 3.95. The molecule has 12 heavy (non-hydrogen) atoms. The molecule has 5 heteroatoms. The molecule has 1 aliphatic rings. The predicted octanol–water partition coefficient (Wildman–Crippen LogP) is 0.0244. The van der Waals surface area contributed by atoms with Gasteiger partial charge >= 0.3 is 0 Å². The molecule has 0 aromatic heterocycles. The number of nitrogens with zero attached hydrogens (tertiary/aromatic N) is 1. The van der Waals surface area contributed by atoms with Crippen LogP contribution in [0.2, 0.25) is 0 Å². The average molecular weight is 170 g/mol. The Morgan fingerprint density at radius 1 is 1.83 bits per heavy atom. The van der Waals surface area contributed by atoms with E-state index in [9.17, 15) is 0 Å². The number of ether oxygens (including phenoxy) is 1. The molecule has 1 unspecified atom stereocenters. The molecule has 1 atom stereocenters. The Balaban J connectivity index is 2.39. The van der Waals surface area contributed by atoms with E-state index in [2.05, 4.69) is 10.5 Å². The van der Waals surface area contributed by atoms with Gasteiger partial charge in [-0.25, -0.2) is 5.43 Å². The summed E-state index contributed by atoms with van der Waals surface area (Å²) in [5.74, 6) is -0.123. The summed E-state index contributed by atoms with van der Waals surface area (Å²) in [4.78, 5) is 0. The maximum Gasteiger partial charge on any atom is 0.206 e. The van der Waals surface area contributed by atoms with Crippen molar-refractivity contribution >= 4 is 11.7 Å². The van der Waals surface area contributed by atoms with Gasteiger partial charge in [0.1, 0.15) is 0 Å². The molecule has 0 saturated carbocycles. The number of guanidine groups is 1. The molecule has 0 amide bonds. The zero-order chi connectivity index (χ0) is 8.97. The summed E-state index contributed by atoms with van der Waals surface area (Å²) in [7, 11) is 0. The van der Waals surface area contributed by atoms with Gasteiger partial charge in [0, 0.05) is 18.6 Å². The quantitative estimate of drug-likeness (QED) is 0.295. The van der Waals surface area contributed by atoms with Crippen molar-refractivity contribution in [3.05, 3.63) is 0 Å². The monoisotopic (exact) mass is 170 g/mol. The minimum Gasteiger partial charge on any atom is -0.378 e. The standard InChI is InChI=1S/C7H14N4O/c1-5-4-6(2-3-12-5)10-11-7(8)9/h5H,2-4H2,1H3,(H4,8,9,11). The molecule has 1 fully saturated rings. The minimum absolute atomic E-state index is 0.123. The summed E-state index contributed by atoms with van der Waals surface area (Å²) >= 11 is 0. The van der Waals surface area contributed by atoms with Gasteiger partial charge in [-0.2, -0.15) is 5.10 Å². The SMILES string of the molecule is CC1CC(=NNC(=N)N)CCO1. The van der Waals surface area contributed by atoms with Gasteiger partial charge in [-0.3, -0.25) is 5.41 Å². The lowest BCUT2D eigenvalue weighted by Crippen LogP contribution is -2.30. The average Bonchev–Trinajstić information content (AvgIpc) is 2.01. The van der Waals surface area contributed by atoms with E-state index >= 15 is 0 Å². The Hall–Kier alpha value is -1.10. The van der Waals surface area contributed by atoms with Crippen LogP contribution in [0.5, 0.6) is 0 Å². The first-order chi connectivity index (χ1) is 5.68. The molecule has 1 saturated heterocycles. The highest BCUT2D eigenvalue weighted by atomic mass is 16.5. The van der Waals surface area contributed by atoms with Gasteiger partial charge in [-0.15, -0.1) is 0 Å². The molecule has 1 heterocycles. The summed E-state index contributed by atoms with van der Waals surface area (Å²) in [6.07, 6.45) is 1.87. The largest absolute Gasteiger partial charge is 0.378 e. The molecule has 0 aliphatic carbocycles. The Bertz CT molecular complexity index is 202. The number of hydrogen-bond donors (Lipinski definition) is 3. The third-order valence-electron chi connectivity index (χ3n) is 1.65. The number of hydrazone groups is 1. The molecule has 1 rings (SSSR count). The van der Waals surface area contributed by atoms with Crippen molar-refractivity contribution in [3.8, 4) is 0 Å². The van der Waals surface area contributed by atoms with Crippen LogP contribution in [0, 0.1) is 5.41 Å². The van der Waals surface area contributed by atoms with Crippen LogP contribution in [0.15, 0.2) is 5.10 Å². The van der Waals surface area contributed by atoms with Crippen molar-refractivity contribution in [2.75, 3.05) is 6.61 Å². The minimum atomic E-state index is -0.123. The smallest absolute Gasteiger partial charge is 0.206 e. The summed E-state index contributed by atoms with van der Waals surface area (Å²) in [6.45, 7) is 2.71. The van der Waals surface area contributed by atoms with Crippen LogP contribution in [-0.2, 0) is 4.74 Å². The molecule has 0 bridgehead atoms. The van der Waals surface area contributed by atoms with Crippen molar-refractivity contribution in [2.24, 2.45) is 10.8 Å². The maximum atomic E-state index is 6.89. The molecule has 0 aromatic carbocycles. The lowest BCUT2D eigenvalue weighted by molar-refractivity contribution is 0.0632. The van der Waals surface area contributed by atoms with Gasteiger partial charge in [-0.1, -0.05) is 0 Å². The highest BCUT2D eigenvalue weighted by Gasteiger charge is 2.13. The maximum absolute atomic E-state index is 6.89. The fourth-order valence-corrected chi connectivity index (χ4v) is 1.11. The summed E-state index contributed by atoms with van der Waals surface area (Å²) in [5.41, 5.74) is 8.52. The zero-order valence-corrected chi connectivity index (χ0v) is 7.13. The number of nitrogens with two attached hydrogens (primary N) is 1. The van der Waals surface area contributed by atoms with Gasteiger partial charge in [0.2, 0.25) is 5.96 Å². The van der Waals surface area contributed by atoms with E-state index in [4.69, 9.17) is 15.9 Å². The molecule has 0 aromatic rings.